The van der Waals surface area contributed by atoms with Crippen LogP contribution >= 0.6 is 11.6 Å². The van der Waals surface area contributed by atoms with Gasteiger partial charge in [-0.05, 0) is 30.7 Å². The summed E-state index contributed by atoms with van der Waals surface area (Å²) >= 11 is 5.87. The molecule has 0 spiro atoms. The molecule has 1 aliphatic rings. The van der Waals surface area contributed by atoms with Gasteiger partial charge in [-0.2, -0.15) is 12.7 Å². The highest BCUT2D eigenvalue weighted by Crippen LogP contribution is 2.20. The van der Waals surface area contributed by atoms with E-state index in [9.17, 15) is 13.2 Å². The smallest absolute Gasteiger partial charge is 0.421 e. The molecule has 0 aliphatic carbocycles. The van der Waals surface area contributed by atoms with Crippen LogP contribution in [-0.2, 0) is 14.9 Å². The third-order valence-corrected chi connectivity index (χ3v) is 5.44. The van der Waals surface area contributed by atoms with Crippen molar-refractivity contribution in [1.82, 2.24) is 9.03 Å². The summed E-state index contributed by atoms with van der Waals surface area (Å²) in [6.07, 6.45) is 0.642. The van der Waals surface area contributed by atoms with Crippen LogP contribution < -0.4 is 9.62 Å². The summed E-state index contributed by atoms with van der Waals surface area (Å²) in [5, 5.41) is 0.658. The number of carbonyl (C=O) groups is 1. The number of hydrogen-bond acceptors (Lipinski definition) is 5. The van der Waals surface area contributed by atoms with E-state index in [1.165, 1.54) is 4.31 Å². The molecule has 1 N–H and O–H groups in total. The van der Waals surface area contributed by atoms with Crippen LogP contribution in [0.5, 0.6) is 0 Å². The fraction of sp³-hybridized carbons (Fsp3) is 0.533. The van der Waals surface area contributed by atoms with E-state index in [-0.39, 0.29) is 6.61 Å². The first-order valence-electron chi connectivity index (χ1n) is 7.87. The zero-order chi connectivity index (χ0) is 17.6. The summed E-state index contributed by atoms with van der Waals surface area (Å²) in [6.45, 7) is 3.82. The van der Waals surface area contributed by atoms with Crippen LogP contribution in [0.2, 0.25) is 5.02 Å². The van der Waals surface area contributed by atoms with Gasteiger partial charge in [-0.1, -0.05) is 24.9 Å². The lowest BCUT2D eigenvalue weighted by Gasteiger charge is -2.35. The van der Waals surface area contributed by atoms with Gasteiger partial charge in [-0.15, -0.1) is 0 Å². The predicted octanol–water partition coefficient (Wildman–Crippen LogP) is 2.23. The van der Waals surface area contributed by atoms with E-state index in [0.29, 0.717) is 37.6 Å². The van der Waals surface area contributed by atoms with Gasteiger partial charge in [0.25, 0.3) is 0 Å². The molecule has 0 atom stereocenters. The second-order valence-electron chi connectivity index (χ2n) is 5.46. The first kappa shape index (κ1) is 18.8. The Labute approximate surface area is 147 Å². The number of nitrogens with zero attached hydrogens (tertiary/aromatic N) is 2. The lowest BCUT2D eigenvalue weighted by atomic mass is 10.2. The summed E-state index contributed by atoms with van der Waals surface area (Å²) in [6, 6.07) is 7.40. The van der Waals surface area contributed by atoms with Crippen molar-refractivity contribution in [2.45, 2.75) is 19.8 Å². The molecule has 2 rings (SSSR count). The first-order valence-corrected chi connectivity index (χ1v) is 9.69. The molecule has 1 aliphatic heterocycles. The molecular weight excluding hydrogens is 354 g/mol. The Morgan fingerprint density at radius 1 is 1.21 bits per heavy atom. The number of amides is 1. The molecule has 0 unspecified atom stereocenters. The van der Waals surface area contributed by atoms with E-state index in [2.05, 4.69) is 4.90 Å². The Hall–Kier alpha value is -1.51. The van der Waals surface area contributed by atoms with Crippen molar-refractivity contribution >= 4 is 33.6 Å². The molecule has 0 aromatic heterocycles. The number of rotatable bonds is 6. The number of anilines is 1. The van der Waals surface area contributed by atoms with E-state index in [4.69, 9.17) is 16.3 Å². The van der Waals surface area contributed by atoms with Gasteiger partial charge >= 0.3 is 16.3 Å². The Bertz CT molecular complexity index is 643. The van der Waals surface area contributed by atoms with Crippen LogP contribution in [0.15, 0.2) is 24.3 Å². The number of nitrogens with one attached hydrogen (secondary N) is 1. The zero-order valence-electron chi connectivity index (χ0n) is 13.6. The van der Waals surface area contributed by atoms with E-state index in [1.54, 1.807) is 12.1 Å². The van der Waals surface area contributed by atoms with E-state index in [1.807, 2.05) is 23.8 Å². The van der Waals surface area contributed by atoms with Crippen LogP contribution in [-0.4, -0.2) is 51.6 Å². The molecule has 9 heteroatoms. The second kappa shape index (κ2) is 8.55. The molecule has 1 fully saturated rings. The van der Waals surface area contributed by atoms with Crippen molar-refractivity contribution in [3.63, 3.8) is 0 Å². The summed E-state index contributed by atoms with van der Waals surface area (Å²) in [5.41, 5.74) is 0.989. The largest absolute Gasteiger partial charge is 0.449 e. The molecule has 1 amide bonds. The maximum absolute atomic E-state index is 12.2. The highest BCUT2D eigenvalue weighted by atomic mass is 35.5. The van der Waals surface area contributed by atoms with E-state index >= 15 is 0 Å². The van der Waals surface area contributed by atoms with Crippen molar-refractivity contribution in [2.75, 3.05) is 37.7 Å². The van der Waals surface area contributed by atoms with Crippen molar-refractivity contribution in [1.29, 1.82) is 0 Å². The maximum Gasteiger partial charge on any atom is 0.421 e. The van der Waals surface area contributed by atoms with Gasteiger partial charge in [0.05, 0.1) is 6.61 Å². The number of piperazine rings is 1. The monoisotopic (exact) mass is 375 g/mol. The molecule has 24 heavy (non-hydrogen) atoms. The van der Waals surface area contributed by atoms with E-state index < -0.39 is 16.3 Å². The zero-order valence-corrected chi connectivity index (χ0v) is 15.1. The van der Waals surface area contributed by atoms with Gasteiger partial charge in [0.1, 0.15) is 0 Å². The van der Waals surface area contributed by atoms with Crippen molar-refractivity contribution in [3.8, 4) is 0 Å². The second-order valence-corrected chi connectivity index (χ2v) is 7.57. The molecular formula is C15H22ClN3O4S. The molecule has 1 saturated heterocycles. The van der Waals surface area contributed by atoms with Gasteiger partial charge in [-0.3, -0.25) is 0 Å². The minimum absolute atomic E-state index is 0.211. The van der Waals surface area contributed by atoms with Crippen molar-refractivity contribution in [3.05, 3.63) is 29.3 Å². The first-order chi connectivity index (χ1) is 11.4. The van der Waals surface area contributed by atoms with Gasteiger partial charge in [0.15, 0.2) is 0 Å². The minimum Gasteiger partial charge on any atom is -0.449 e. The number of halogens is 1. The molecule has 1 heterocycles. The predicted molar refractivity (Wildman–Crippen MR) is 93.5 cm³/mol. The standard InChI is InChI=1S/C15H22ClN3O4S/c1-2-3-12-23-15(20)17-24(21,22)19-10-8-18(9-11-19)14-6-4-13(16)5-7-14/h4-7H,2-3,8-12H2,1H3,(H,17,20). The SMILES string of the molecule is CCCCOC(=O)NS(=O)(=O)N1CCN(c2ccc(Cl)cc2)CC1. The molecule has 0 radical (unpaired) electrons. The highest BCUT2D eigenvalue weighted by molar-refractivity contribution is 7.87. The Balaban J connectivity index is 1.86. The van der Waals surface area contributed by atoms with Crippen molar-refractivity contribution in [2.24, 2.45) is 0 Å². The topological polar surface area (TPSA) is 78.9 Å². The molecule has 1 aromatic rings. The molecule has 7 nitrogen and oxygen atoms in total. The summed E-state index contributed by atoms with van der Waals surface area (Å²) < 4.78 is 32.4. The average Bonchev–Trinajstić information content (AvgIpc) is 2.55. The lowest BCUT2D eigenvalue weighted by molar-refractivity contribution is 0.150. The van der Waals surface area contributed by atoms with Gasteiger partial charge in [0, 0.05) is 36.9 Å². The molecule has 0 bridgehead atoms. The molecule has 0 saturated carbocycles. The Morgan fingerprint density at radius 3 is 2.42 bits per heavy atom. The van der Waals surface area contributed by atoms with Crippen LogP contribution in [0.4, 0.5) is 10.5 Å². The highest BCUT2D eigenvalue weighted by Gasteiger charge is 2.28. The summed E-state index contributed by atoms with van der Waals surface area (Å²) in [4.78, 5) is 13.6. The normalized spacial score (nSPS) is 16.0. The average molecular weight is 376 g/mol. The Morgan fingerprint density at radius 2 is 1.83 bits per heavy atom. The molecule has 134 valence electrons. The number of unbranched alkanes of at least 4 members (excludes halogenated alkanes) is 1. The Kier molecular flexibility index (Phi) is 6.70. The fourth-order valence-corrected chi connectivity index (χ4v) is 3.52. The number of ether oxygens (including phenoxy) is 1. The lowest BCUT2D eigenvalue weighted by Crippen LogP contribution is -2.53. The van der Waals surface area contributed by atoms with Gasteiger partial charge in [0.2, 0.25) is 0 Å². The van der Waals surface area contributed by atoms with Gasteiger partial charge < -0.3 is 9.64 Å². The van der Waals surface area contributed by atoms with Gasteiger partial charge in [-0.25, -0.2) is 9.52 Å². The number of carbonyl (C=O) groups excluding carboxylic acids is 1. The quantitative estimate of drug-likeness (QED) is 0.771. The fourth-order valence-electron chi connectivity index (χ4n) is 2.35. The van der Waals surface area contributed by atoms with E-state index in [0.717, 1.165) is 12.1 Å². The third-order valence-electron chi connectivity index (χ3n) is 3.71. The summed E-state index contributed by atoms with van der Waals surface area (Å²) in [5.74, 6) is 0. The van der Waals surface area contributed by atoms with Crippen LogP contribution in [0.3, 0.4) is 0 Å². The van der Waals surface area contributed by atoms with Crippen LogP contribution in [0.1, 0.15) is 19.8 Å². The molecule has 1 aromatic carbocycles. The minimum atomic E-state index is -3.87. The van der Waals surface area contributed by atoms with Crippen LogP contribution in [0, 0.1) is 0 Å². The maximum atomic E-state index is 12.2. The third kappa shape index (κ3) is 5.25. The van der Waals surface area contributed by atoms with Crippen molar-refractivity contribution < 1.29 is 17.9 Å². The number of hydrogen-bond donors (Lipinski definition) is 1. The van der Waals surface area contributed by atoms with Crippen LogP contribution in [0.25, 0.3) is 0 Å². The summed E-state index contributed by atoms with van der Waals surface area (Å²) in [7, 11) is -3.87. The number of benzene rings is 1.